The number of pyridine rings is 1. The zero-order chi connectivity index (χ0) is 31.3. The molecule has 43 heavy (non-hydrogen) atoms. The van der Waals surface area contributed by atoms with Crippen LogP contribution < -0.4 is 5.73 Å². The number of nitrogens with two attached hydrogens (primary N) is 1. The van der Waals surface area contributed by atoms with Gasteiger partial charge in [-0.05, 0) is 34.4 Å². The molecule has 2 heterocycles. The minimum Gasteiger partial charge on any atom is -0.464 e. The Morgan fingerprint density at radius 3 is 1.98 bits per heavy atom. The van der Waals surface area contributed by atoms with Gasteiger partial charge in [0.1, 0.15) is 6.61 Å². The highest BCUT2D eigenvalue weighted by Gasteiger charge is 2.71. The molecule has 1 aliphatic rings. The molecule has 1 saturated heterocycles. The van der Waals surface area contributed by atoms with Crippen molar-refractivity contribution in [3.8, 4) is 11.1 Å². The molecule has 3 aromatic rings. The molecule has 1 atom stereocenters. The molecule has 1 fully saturated rings. The van der Waals surface area contributed by atoms with Crippen molar-refractivity contribution in [3.63, 3.8) is 0 Å². The Morgan fingerprint density at radius 1 is 0.860 bits per heavy atom. The predicted octanol–water partition coefficient (Wildman–Crippen LogP) is 4.64. The number of benzene rings is 2. The zero-order valence-corrected chi connectivity index (χ0v) is 23.1. The average molecular weight is 611 g/mol. The minimum absolute atomic E-state index is 0.1000. The Kier molecular flexibility index (Phi) is 10.1. The van der Waals surface area contributed by atoms with Crippen molar-refractivity contribution in [2.45, 2.75) is 43.5 Å². The van der Waals surface area contributed by atoms with Crippen molar-refractivity contribution in [2.75, 3.05) is 32.8 Å². The largest absolute Gasteiger partial charge is 0.464 e. The van der Waals surface area contributed by atoms with Crippen molar-refractivity contribution in [2.24, 2.45) is 5.73 Å². The quantitative estimate of drug-likeness (QED) is 0.255. The lowest BCUT2D eigenvalue weighted by Crippen LogP contribution is -2.53. The van der Waals surface area contributed by atoms with E-state index in [2.05, 4.69) is 14.8 Å². The molecular weight excluding hydrogens is 578 g/mol. The summed E-state index contributed by atoms with van der Waals surface area (Å²) < 4.78 is 84.4. The van der Waals surface area contributed by atoms with E-state index in [0.717, 1.165) is 29.8 Å². The second-order valence-corrected chi connectivity index (χ2v) is 10.4. The summed E-state index contributed by atoms with van der Waals surface area (Å²) in [7, 11) is 0. The van der Waals surface area contributed by atoms with Crippen molar-refractivity contribution >= 4 is 5.97 Å². The summed E-state index contributed by atoms with van der Waals surface area (Å²) >= 11 is 0. The summed E-state index contributed by atoms with van der Waals surface area (Å²) in [6, 6.07) is 14.4. The summed E-state index contributed by atoms with van der Waals surface area (Å²) in [6.45, 7) is 3.68. The highest BCUT2D eigenvalue weighted by Crippen LogP contribution is 2.50. The van der Waals surface area contributed by atoms with Crippen LogP contribution in [0.15, 0.2) is 73.1 Å². The number of carbonyl (C=O) groups excluding carboxylic acids is 1. The topological polar surface area (TPSA) is 91.9 Å². The number of aliphatic hydroxyl groups is 1. The van der Waals surface area contributed by atoms with Gasteiger partial charge in [0, 0.05) is 63.3 Å². The highest BCUT2D eigenvalue weighted by molar-refractivity contribution is 5.70. The third kappa shape index (κ3) is 7.71. The lowest BCUT2D eigenvalue weighted by Gasteiger charge is -2.41. The summed E-state index contributed by atoms with van der Waals surface area (Å²) in [4.78, 5) is 20.9. The third-order valence-electron chi connectivity index (χ3n) is 7.42. The van der Waals surface area contributed by atoms with Crippen molar-refractivity contribution in [1.82, 2.24) is 14.8 Å². The first kappa shape index (κ1) is 32.4. The maximum atomic E-state index is 13.2. The van der Waals surface area contributed by atoms with E-state index in [0.29, 0.717) is 49.4 Å². The first-order valence-corrected chi connectivity index (χ1v) is 13.6. The van der Waals surface area contributed by atoms with E-state index in [4.69, 9.17) is 10.5 Å². The van der Waals surface area contributed by atoms with Gasteiger partial charge in [0.25, 0.3) is 5.60 Å². The SMILES string of the molecule is NCCOC(=O)C[C@H]1CN(Cc2ccc(-c3ccc(C(O)(C(F)(F)F)C(F)(F)F)cc3)cc2)CCN1Cc1ccncc1. The number of esters is 1. The van der Waals surface area contributed by atoms with Gasteiger partial charge in [-0.3, -0.25) is 19.6 Å². The number of nitrogens with zero attached hydrogens (tertiary/aromatic N) is 3. The first-order valence-electron chi connectivity index (χ1n) is 13.6. The van der Waals surface area contributed by atoms with Crippen LogP contribution in [0.2, 0.25) is 0 Å². The number of halogens is 6. The Labute approximate surface area is 244 Å². The molecule has 232 valence electrons. The van der Waals surface area contributed by atoms with Gasteiger partial charge >= 0.3 is 18.3 Å². The van der Waals surface area contributed by atoms with E-state index < -0.39 is 23.5 Å². The van der Waals surface area contributed by atoms with E-state index in [1.165, 1.54) is 0 Å². The number of aromatic nitrogens is 1. The van der Waals surface area contributed by atoms with Gasteiger partial charge in [0.2, 0.25) is 0 Å². The van der Waals surface area contributed by atoms with Crippen LogP contribution >= 0.6 is 0 Å². The van der Waals surface area contributed by atoms with E-state index in [1.807, 2.05) is 24.3 Å². The molecule has 1 aliphatic heterocycles. The van der Waals surface area contributed by atoms with Crippen LogP contribution in [0.5, 0.6) is 0 Å². The average Bonchev–Trinajstić information content (AvgIpc) is 2.97. The van der Waals surface area contributed by atoms with Crippen LogP contribution in [0.25, 0.3) is 11.1 Å². The predicted molar refractivity (Wildman–Crippen MR) is 146 cm³/mol. The second-order valence-electron chi connectivity index (χ2n) is 10.4. The smallest absolute Gasteiger partial charge is 0.430 e. The van der Waals surface area contributed by atoms with Crippen molar-refractivity contribution < 1.29 is 41.0 Å². The van der Waals surface area contributed by atoms with E-state index in [1.54, 1.807) is 24.5 Å². The molecule has 0 unspecified atom stereocenters. The molecule has 13 heteroatoms. The van der Waals surface area contributed by atoms with E-state index >= 15 is 0 Å². The number of hydrogen-bond acceptors (Lipinski definition) is 7. The van der Waals surface area contributed by atoms with E-state index in [-0.39, 0.29) is 31.6 Å². The Balaban J connectivity index is 1.43. The van der Waals surface area contributed by atoms with Crippen LogP contribution in [0.3, 0.4) is 0 Å². The number of carbonyl (C=O) groups is 1. The first-order chi connectivity index (χ1) is 20.3. The van der Waals surface area contributed by atoms with Gasteiger partial charge in [-0.15, -0.1) is 0 Å². The van der Waals surface area contributed by atoms with Crippen molar-refractivity contribution in [3.05, 3.63) is 89.7 Å². The standard InChI is InChI=1S/C30H32F6N4O3/c31-29(32,33)28(42,30(34,35)36)25-7-5-24(6-8-25)23-3-1-21(2-4-23)18-39-14-15-40(19-22-9-12-38-13-10-22)26(20-39)17-27(41)43-16-11-37/h1-10,12-13,26,42H,11,14-20,37H2/t26-/m0/s1. The fraction of sp³-hybridized carbons (Fsp3) is 0.400. The van der Waals surface area contributed by atoms with Gasteiger partial charge in [-0.2, -0.15) is 26.3 Å². The summed E-state index contributed by atoms with van der Waals surface area (Å²) in [6.07, 6.45) is -8.24. The second kappa shape index (κ2) is 13.4. The van der Waals surface area contributed by atoms with Gasteiger partial charge in [0.05, 0.1) is 6.42 Å². The Bertz CT molecular complexity index is 1320. The molecule has 0 radical (unpaired) electrons. The zero-order valence-electron chi connectivity index (χ0n) is 23.1. The number of rotatable bonds is 10. The molecular formula is C30H32F6N4O3. The van der Waals surface area contributed by atoms with Gasteiger partial charge in [-0.1, -0.05) is 48.5 Å². The Morgan fingerprint density at radius 2 is 1.42 bits per heavy atom. The number of piperazine rings is 1. The maximum absolute atomic E-state index is 13.2. The molecule has 0 amide bonds. The van der Waals surface area contributed by atoms with Crippen LogP contribution in [-0.2, 0) is 28.2 Å². The van der Waals surface area contributed by atoms with E-state index in [9.17, 15) is 36.2 Å². The van der Waals surface area contributed by atoms with Crippen LogP contribution in [0.4, 0.5) is 26.3 Å². The van der Waals surface area contributed by atoms with Gasteiger partial charge < -0.3 is 15.6 Å². The molecule has 2 aromatic carbocycles. The van der Waals surface area contributed by atoms with Crippen LogP contribution in [0, 0.1) is 0 Å². The molecule has 7 nitrogen and oxygen atoms in total. The number of ether oxygens (including phenoxy) is 1. The molecule has 0 bridgehead atoms. The fourth-order valence-corrected chi connectivity index (χ4v) is 5.10. The van der Waals surface area contributed by atoms with Gasteiger partial charge in [0.15, 0.2) is 0 Å². The summed E-state index contributed by atoms with van der Waals surface area (Å²) in [5.74, 6) is -0.323. The lowest BCUT2D eigenvalue weighted by atomic mass is 9.90. The molecule has 3 N–H and O–H groups in total. The molecule has 1 aromatic heterocycles. The molecule has 0 aliphatic carbocycles. The maximum Gasteiger partial charge on any atom is 0.430 e. The highest BCUT2D eigenvalue weighted by atomic mass is 19.4. The molecule has 0 saturated carbocycles. The monoisotopic (exact) mass is 610 g/mol. The van der Waals surface area contributed by atoms with Crippen molar-refractivity contribution in [1.29, 1.82) is 0 Å². The summed E-state index contributed by atoms with van der Waals surface area (Å²) in [5.41, 5.74) is 2.17. The molecule has 0 spiro atoms. The minimum atomic E-state index is -5.94. The lowest BCUT2D eigenvalue weighted by molar-refractivity contribution is -0.376. The molecule has 4 rings (SSSR count). The van der Waals surface area contributed by atoms with Crippen LogP contribution in [-0.4, -0.2) is 77.0 Å². The number of alkyl halides is 6. The normalized spacial score (nSPS) is 17.2. The number of hydrogen-bond donors (Lipinski definition) is 2. The third-order valence-corrected chi connectivity index (χ3v) is 7.42. The fourth-order valence-electron chi connectivity index (χ4n) is 5.10. The van der Waals surface area contributed by atoms with Crippen LogP contribution in [0.1, 0.15) is 23.1 Å². The van der Waals surface area contributed by atoms with Gasteiger partial charge in [-0.25, -0.2) is 0 Å². The Hall–Kier alpha value is -3.52. The summed E-state index contributed by atoms with van der Waals surface area (Å²) in [5, 5.41) is 9.61.